The van der Waals surface area contributed by atoms with Crippen molar-refractivity contribution >= 4 is 23.5 Å². The molecule has 0 bridgehead atoms. The van der Waals surface area contributed by atoms with Crippen molar-refractivity contribution in [2.24, 2.45) is 0 Å². The molecule has 0 heterocycles. The van der Waals surface area contributed by atoms with Gasteiger partial charge in [0.05, 0.1) is 0 Å². The molecule has 0 rings (SSSR count). The molecular formula is C7H10ClO3. The van der Waals surface area contributed by atoms with Crippen LogP contribution >= 0.6 is 11.6 Å². The van der Waals surface area contributed by atoms with E-state index in [2.05, 4.69) is 11.7 Å². The first kappa shape index (κ1) is 10.4. The van der Waals surface area contributed by atoms with Crippen LogP contribution in [-0.4, -0.2) is 17.8 Å². The normalized spacial score (nSPS) is 9.27. The zero-order chi connectivity index (χ0) is 8.69. The molecule has 4 heteroatoms. The number of unbranched alkanes of at least 4 members (excludes halogenated alkanes) is 1. The Kier molecular flexibility index (Phi) is 5.84. The summed E-state index contributed by atoms with van der Waals surface area (Å²) in [5, 5.41) is 0. The van der Waals surface area contributed by atoms with Gasteiger partial charge in [0.25, 0.3) is 0 Å². The first-order valence-corrected chi connectivity index (χ1v) is 3.83. The van der Waals surface area contributed by atoms with E-state index in [4.69, 9.17) is 11.6 Å². The summed E-state index contributed by atoms with van der Waals surface area (Å²) in [4.78, 5) is 21.0. The molecule has 0 N–H and O–H groups in total. The third-order valence-corrected chi connectivity index (χ3v) is 1.19. The van der Waals surface area contributed by atoms with Crippen molar-refractivity contribution in [2.45, 2.75) is 19.3 Å². The largest absolute Gasteiger partial charge is 0.392 e. The maximum atomic E-state index is 10.6. The van der Waals surface area contributed by atoms with Crippen LogP contribution in [0.1, 0.15) is 19.3 Å². The van der Waals surface area contributed by atoms with Gasteiger partial charge in [-0.1, -0.05) is 13.3 Å². The quantitative estimate of drug-likeness (QED) is 0.369. The van der Waals surface area contributed by atoms with Gasteiger partial charge in [0.15, 0.2) is 0 Å². The van der Waals surface area contributed by atoms with Gasteiger partial charge in [-0.2, -0.15) is 0 Å². The molecule has 11 heavy (non-hydrogen) atoms. The van der Waals surface area contributed by atoms with Gasteiger partial charge in [-0.25, -0.2) is 0 Å². The number of hydrogen-bond acceptors (Lipinski definition) is 3. The molecule has 0 amide bonds. The van der Waals surface area contributed by atoms with Crippen LogP contribution in [0.4, 0.5) is 0 Å². The molecule has 0 atom stereocenters. The highest BCUT2D eigenvalue weighted by Crippen LogP contribution is 1.96. The van der Waals surface area contributed by atoms with E-state index < -0.39 is 11.9 Å². The molecule has 0 aliphatic rings. The first-order chi connectivity index (χ1) is 5.20. The Morgan fingerprint density at radius 1 is 1.36 bits per heavy atom. The lowest BCUT2D eigenvalue weighted by atomic mass is 10.2. The number of carbonyl (C=O) groups is 2. The Balaban J connectivity index is 3.44. The lowest BCUT2D eigenvalue weighted by molar-refractivity contribution is -0.157. The van der Waals surface area contributed by atoms with Gasteiger partial charge in [0.2, 0.25) is 0 Å². The first-order valence-electron chi connectivity index (χ1n) is 3.29. The molecule has 0 unspecified atom stereocenters. The standard InChI is InChI=1S/C7H10ClO3/c1-2-3-4-6(9)11-7(10)5-8/h1-5H2. The highest BCUT2D eigenvalue weighted by Gasteiger charge is 2.07. The Labute approximate surface area is 70.7 Å². The third kappa shape index (κ3) is 5.85. The molecule has 0 saturated heterocycles. The number of esters is 2. The maximum absolute atomic E-state index is 10.6. The van der Waals surface area contributed by atoms with E-state index in [1.807, 2.05) is 0 Å². The summed E-state index contributed by atoms with van der Waals surface area (Å²) in [6.45, 7) is 3.54. The van der Waals surface area contributed by atoms with Gasteiger partial charge in [-0.05, 0) is 6.42 Å². The smallest absolute Gasteiger partial charge is 0.328 e. The van der Waals surface area contributed by atoms with E-state index >= 15 is 0 Å². The van der Waals surface area contributed by atoms with Crippen LogP contribution in [0.25, 0.3) is 0 Å². The van der Waals surface area contributed by atoms with Crippen LogP contribution in [-0.2, 0) is 14.3 Å². The number of hydrogen-bond donors (Lipinski definition) is 0. The highest BCUT2D eigenvalue weighted by molar-refractivity contribution is 6.27. The van der Waals surface area contributed by atoms with E-state index in [0.29, 0.717) is 12.8 Å². The molecule has 63 valence electrons. The second-order valence-electron chi connectivity index (χ2n) is 1.94. The molecule has 0 aromatic carbocycles. The summed E-state index contributed by atoms with van der Waals surface area (Å²) < 4.78 is 4.26. The molecule has 3 nitrogen and oxygen atoms in total. The van der Waals surface area contributed by atoms with Crippen molar-refractivity contribution in [3.05, 3.63) is 6.92 Å². The number of alkyl halides is 1. The molecule has 1 radical (unpaired) electrons. The van der Waals surface area contributed by atoms with Gasteiger partial charge in [0, 0.05) is 6.42 Å². The number of halogens is 1. The lowest BCUT2D eigenvalue weighted by Crippen LogP contribution is -2.12. The van der Waals surface area contributed by atoms with Crippen molar-refractivity contribution in [3.8, 4) is 0 Å². The van der Waals surface area contributed by atoms with Crippen LogP contribution in [0.5, 0.6) is 0 Å². The van der Waals surface area contributed by atoms with Crippen molar-refractivity contribution < 1.29 is 14.3 Å². The van der Waals surface area contributed by atoms with Gasteiger partial charge in [0.1, 0.15) is 5.88 Å². The summed E-state index contributed by atoms with van der Waals surface area (Å²) in [6, 6.07) is 0. The Bertz CT molecular complexity index is 145. The summed E-state index contributed by atoms with van der Waals surface area (Å²) in [7, 11) is 0. The average molecular weight is 178 g/mol. The Morgan fingerprint density at radius 3 is 2.45 bits per heavy atom. The fourth-order valence-corrected chi connectivity index (χ4v) is 0.529. The van der Waals surface area contributed by atoms with Crippen LogP contribution in [0.2, 0.25) is 0 Å². The van der Waals surface area contributed by atoms with Crippen LogP contribution in [0.15, 0.2) is 0 Å². The number of ether oxygens (including phenoxy) is 1. The minimum atomic E-state index is -0.694. The zero-order valence-electron chi connectivity index (χ0n) is 6.14. The van der Waals surface area contributed by atoms with E-state index in [9.17, 15) is 9.59 Å². The second kappa shape index (κ2) is 6.16. The molecule has 0 aromatic rings. The number of carbonyl (C=O) groups excluding carboxylic acids is 2. The van der Waals surface area contributed by atoms with E-state index in [1.54, 1.807) is 0 Å². The Morgan fingerprint density at radius 2 is 2.00 bits per heavy atom. The molecule has 0 aliphatic carbocycles. The van der Waals surface area contributed by atoms with Gasteiger partial charge >= 0.3 is 11.9 Å². The molecule has 0 aliphatic heterocycles. The lowest BCUT2D eigenvalue weighted by Gasteiger charge is -1.98. The van der Waals surface area contributed by atoms with Gasteiger partial charge < -0.3 is 4.74 Å². The fraction of sp³-hybridized carbons (Fsp3) is 0.571. The van der Waals surface area contributed by atoms with Crippen molar-refractivity contribution in [1.82, 2.24) is 0 Å². The summed E-state index contributed by atoms with van der Waals surface area (Å²) in [5.74, 6) is -1.50. The average Bonchev–Trinajstić information content (AvgIpc) is 2.00. The second-order valence-corrected chi connectivity index (χ2v) is 2.20. The monoisotopic (exact) mass is 177 g/mol. The zero-order valence-corrected chi connectivity index (χ0v) is 6.89. The van der Waals surface area contributed by atoms with Crippen LogP contribution < -0.4 is 0 Å². The molecule has 0 fully saturated rings. The molecule has 0 aromatic heterocycles. The molecule has 0 saturated carbocycles. The highest BCUT2D eigenvalue weighted by atomic mass is 35.5. The van der Waals surface area contributed by atoms with E-state index in [-0.39, 0.29) is 12.3 Å². The predicted molar refractivity (Wildman–Crippen MR) is 41.0 cm³/mol. The van der Waals surface area contributed by atoms with E-state index in [0.717, 1.165) is 0 Å². The SMILES string of the molecule is [CH2]CCCC(=O)OC(=O)CCl. The topological polar surface area (TPSA) is 43.4 Å². The van der Waals surface area contributed by atoms with Crippen molar-refractivity contribution in [1.29, 1.82) is 0 Å². The van der Waals surface area contributed by atoms with Crippen molar-refractivity contribution in [2.75, 3.05) is 5.88 Å². The molecular weight excluding hydrogens is 168 g/mol. The minimum absolute atomic E-state index is 0.228. The Hall–Kier alpha value is -0.570. The van der Waals surface area contributed by atoms with Crippen LogP contribution in [0.3, 0.4) is 0 Å². The molecule has 0 spiro atoms. The summed E-state index contributed by atoms with van der Waals surface area (Å²) >= 11 is 5.09. The predicted octanol–water partition coefficient (Wildman–Crippen LogP) is 1.30. The maximum Gasteiger partial charge on any atom is 0.328 e. The van der Waals surface area contributed by atoms with Crippen molar-refractivity contribution in [3.63, 3.8) is 0 Å². The number of rotatable bonds is 4. The minimum Gasteiger partial charge on any atom is -0.392 e. The van der Waals surface area contributed by atoms with Crippen LogP contribution in [0, 0.1) is 6.92 Å². The van der Waals surface area contributed by atoms with E-state index in [1.165, 1.54) is 0 Å². The fourth-order valence-electron chi connectivity index (χ4n) is 0.475. The third-order valence-electron chi connectivity index (χ3n) is 0.968. The summed E-state index contributed by atoms with van der Waals surface area (Å²) in [5.41, 5.74) is 0. The van der Waals surface area contributed by atoms with Gasteiger partial charge in [-0.3, -0.25) is 9.59 Å². The summed E-state index contributed by atoms with van der Waals surface area (Å²) in [6.07, 6.45) is 1.52. The van der Waals surface area contributed by atoms with Gasteiger partial charge in [-0.15, -0.1) is 11.6 Å².